The Bertz CT molecular complexity index is 1950. The Kier molecular flexibility index (Phi) is 12.2. The first-order valence-corrected chi connectivity index (χ1v) is 18.8. The van der Waals surface area contributed by atoms with Gasteiger partial charge in [0.15, 0.2) is 0 Å². The lowest BCUT2D eigenvalue weighted by Gasteiger charge is -2.32. The lowest BCUT2D eigenvalue weighted by molar-refractivity contribution is -0.538. The monoisotopic (exact) mass is 749 g/mol. The van der Waals surface area contributed by atoms with Crippen LogP contribution < -0.4 is 10.7 Å². The van der Waals surface area contributed by atoms with E-state index in [1.165, 1.54) is 16.3 Å². The highest BCUT2D eigenvalue weighted by atomic mass is 32.1. The number of nitrogens with one attached hydrogen (secondary N) is 2. The number of rotatable bonds is 13. The third-order valence-electron chi connectivity index (χ3n) is 9.30. The van der Waals surface area contributed by atoms with Gasteiger partial charge in [0.2, 0.25) is 0 Å². The SMILES string of the molecule is CCn1c(-c2cccnc2[C@H](C)OC)c(CC(C)(C)CO)c2cc(-c3csc(C[C@H](NC(=O)OC(C)(C)C)C(=O)N4CCC[C@@H]([N+](=O)[O-])N4)n3)ccc21. The zero-order valence-corrected chi connectivity index (χ0v) is 32.6. The van der Waals surface area contributed by atoms with Crippen LogP contribution in [0.15, 0.2) is 41.9 Å². The third-order valence-corrected chi connectivity index (χ3v) is 10.2. The molecule has 1 aliphatic rings. The average molecular weight is 750 g/mol. The van der Waals surface area contributed by atoms with Gasteiger partial charge in [0.05, 0.1) is 28.2 Å². The van der Waals surface area contributed by atoms with E-state index in [1.54, 1.807) is 34.1 Å². The van der Waals surface area contributed by atoms with Crippen molar-refractivity contribution in [3.8, 4) is 22.5 Å². The van der Waals surface area contributed by atoms with Gasteiger partial charge < -0.3 is 24.5 Å². The van der Waals surface area contributed by atoms with Crippen LogP contribution >= 0.6 is 11.3 Å². The molecule has 1 saturated heterocycles. The summed E-state index contributed by atoms with van der Waals surface area (Å²) in [4.78, 5) is 47.3. The molecule has 3 N–H and O–H groups in total. The normalized spacial score (nSPS) is 16.4. The Labute approximate surface area is 314 Å². The molecule has 0 saturated carbocycles. The van der Waals surface area contributed by atoms with Crippen molar-refractivity contribution in [3.63, 3.8) is 0 Å². The van der Waals surface area contributed by atoms with Crippen LogP contribution in [0.5, 0.6) is 0 Å². The fourth-order valence-electron chi connectivity index (χ4n) is 6.61. The molecule has 1 aromatic carbocycles. The van der Waals surface area contributed by atoms with E-state index >= 15 is 0 Å². The zero-order chi connectivity index (χ0) is 38.7. The molecule has 0 radical (unpaired) electrons. The number of thiazole rings is 1. The number of pyridine rings is 1. The number of carbonyl (C=O) groups is 2. The van der Waals surface area contributed by atoms with E-state index < -0.39 is 40.1 Å². The summed E-state index contributed by atoms with van der Waals surface area (Å²) in [7, 11) is 1.67. The molecule has 0 bridgehead atoms. The Morgan fingerprint density at radius 1 is 1.23 bits per heavy atom. The van der Waals surface area contributed by atoms with Crippen LogP contribution in [-0.4, -0.2) is 79.6 Å². The smallest absolute Gasteiger partial charge is 0.408 e. The van der Waals surface area contributed by atoms with Gasteiger partial charge in [-0.15, -0.1) is 11.3 Å². The molecule has 15 heteroatoms. The van der Waals surface area contributed by atoms with Crippen LogP contribution in [0.1, 0.15) is 83.7 Å². The van der Waals surface area contributed by atoms with E-state index in [1.807, 2.05) is 38.3 Å². The number of fused-ring (bicyclic) bond motifs is 1. The number of amides is 2. The van der Waals surface area contributed by atoms with E-state index in [9.17, 15) is 24.8 Å². The van der Waals surface area contributed by atoms with Gasteiger partial charge in [-0.1, -0.05) is 19.9 Å². The number of carbonyl (C=O) groups excluding carboxylic acids is 2. The summed E-state index contributed by atoms with van der Waals surface area (Å²) in [6.07, 6.45) is 1.06. The number of aryl methyl sites for hydroxylation is 1. The second-order valence-corrected chi connectivity index (χ2v) is 16.2. The van der Waals surface area contributed by atoms with Crippen LogP contribution in [0.4, 0.5) is 4.79 Å². The number of nitrogens with zero attached hydrogens (tertiary/aromatic N) is 5. The van der Waals surface area contributed by atoms with Crippen molar-refractivity contribution in [2.24, 2.45) is 5.41 Å². The maximum Gasteiger partial charge on any atom is 0.408 e. The molecule has 1 fully saturated rings. The molecule has 0 spiro atoms. The van der Waals surface area contributed by atoms with Crippen molar-refractivity contribution in [3.05, 3.63) is 68.3 Å². The van der Waals surface area contributed by atoms with Crippen LogP contribution in [0.2, 0.25) is 0 Å². The minimum Gasteiger partial charge on any atom is -0.444 e. The number of hydrogen-bond donors (Lipinski definition) is 3. The molecule has 1 aliphatic heterocycles. The molecule has 4 heterocycles. The lowest BCUT2D eigenvalue weighted by atomic mass is 9.84. The molecule has 3 aromatic heterocycles. The molecule has 286 valence electrons. The summed E-state index contributed by atoms with van der Waals surface area (Å²) in [6, 6.07) is 9.16. The highest BCUT2D eigenvalue weighted by Gasteiger charge is 2.35. The Morgan fingerprint density at radius 2 is 1.98 bits per heavy atom. The molecule has 14 nitrogen and oxygen atoms in total. The highest BCUT2D eigenvalue weighted by molar-refractivity contribution is 7.10. The van der Waals surface area contributed by atoms with E-state index in [0.29, 0.717) is 36.5 Å². The molecule has 0 unspecified atom stereocenters. The average Bonchev–Trinajstić information content (AvgIpc) is 3.71. The van der Waals surface area contributed by atoms with E-state index in [2.05, 4.69) is 40.4 Å². The van der Waals surface area contributed by atoms with E-state index in [4.69, 9.17) is 19.4 Å². The number of nitro groups is 1. The number of aliphatic hydroxyl groups is 1. The predicted molar refractivity (Wildman–Crippen MR) is 204 cm³/mol. The fraction of sp³-hybridized carbons (Fsp3) is 0.526. The summed E-state index contributed by atoms with van der Waals surface area (Å²) >= 11 is 1.36. The third kappa shape index (κ3) is 9.21. The number of methoxy groups -OCH3 is 1. The summed E-state index contributed by atoms with van der Waals surface area (Å²) in [5, 5.41) is 29.3. The molecule has 2 amide bonds. The minimum atomic E-state index is -1.10. The summed E-state index contributed by atoms with van der Waals surface area (Å²) < 4.78 is 13.5. The van der Waals surface area contributed by atoms with Crippen molar-refractivity contribution in [1.82, 2.24) is 30.3 Å². The van der Waals surface area contributed by atoms with Crippen molar-refractivity contribution < 1.29 is 29.1 Å². The van der Waals surface area contributed by atoms with Gasteiger partial charge in [-0.3, -0.25) is 24.9 Å². The number of benzene rings is 1. The summed E-state index contributed by atoms with van der Waals surface area (Å²) in [5.74, 6) is -0.511. The van der Waals surface area contributed by atoms with Gasteiger partial charge in [0.25, 0.3) is 12.1 Å². The number of alkyl carbamates (subject to hydrolysis) is 1. The Balaban J connectivity index is 1.54. The van der Waals surface area contributed by atoms with Crippen molar-refractivity contribution in [2.75, 3.05) is 20.3 Å². The first-order valence-electron chi connectivity index (χ1n) is 17.9. The molecule has 5 rings (SSSR count). The largest absolute Gasteiger partial charge is 0.444 e. The molecule has 3 atom stereocenters. The number of aliphatic hydroxyl groups excluding tert-OH is 1. The molecule has 53 heavy (non-hydrogen) atoms. The lowest BCUT2D eigenvalue weighted by Crippen LogP contribution is -2.60. The second-order valence-electron chi connectivity index (χ2n) is 15.2. The van der Waals surface area contributed by atoms with Gasteiger partial charge in [-0.25, -0.2) is 9.78 Å². The highest BCUT2D eigenvalue weighted by Crippen LogP contribution is 2.41. The van der Waals surface area contributed by atoms with Crippen molar-refractivity contribution in [1.29, 1.82) is 0 Å². The van der Waals surface area contributed by atoms with Crippen LogP contribution in [0.25, 0.3) is 33.4 Å². The molecular formula is C38H51N7O7S. The number of ether oxygens (including phenoxy) is 2. The minimum absolute atomic E-state index is 0.00556. The van der Waals surface area contributed by atoms with Crippen molar-refractivity contribution >= 4 is 34.2 Å². The first-order chi connectivity index (χ1) is 25.1. The summed E-state index contributed by atoms with van der Waals surface area (Å²) in [5.41, 5.74) is 8.03. The predicted octanol–water partition coefficient (Wildman–Crippen LogP) is 6.28. The van der Waals surface area contributed by atoms with Crippen molar-refractivity contribution in [2.45, 2.75) is 105 Å². The number of hydrogen-bond acceptors (Lipinski definition) is 11. The van der Waals surface area contributed by atoms with Gasteiger partial charge in [-0.05, 0) is 82.7 Å². The van der Waals surface area contributed by atoms with E-state index in [-0.39, 0.29) is 25.7 Å². The van der Waals surface area contributed by atoms with E-state index in [0.717, 1.165) is 39.0 Å². The Morgan fingerprint density at radius 3 is 2.64 bits per heavy atom. The zero-order valence-electron chi connectivity index (χ0n) is 31.8. The quantitative estimate of drug-likeness (QED) is 0.104. The number of aromatic nitrogens is 3. The van der Waals surface area contributed by atoms with Crippen LogP contribution in [-0.2, 0) is 33.7 Å². The van der Waals surface area contributed by atoms with Gasteiger partial charge in [-0.2, -0.15) is 5.43 Å². The molecule has 0 aliphatic carbocycles. The standard InChI is InChI=1S/C38H51N7O7S/c1-9-43-30-15-14-24(18-26(30)27(20-38(6,7)22-46)34(43)25-12-10-16-39-33(25)23(2)51-8)29-21-53-32(40-29)19-28(41-36(48)52-37(3,4)5)35(47)44-17-11-13-31(42-44)45(49)50/h10,12,14-16,18,21,23,28,31,42,46H,9,11,13,17,19-20,22H2,1-8H3,(H,41,48)/t23-,28-,31+/m0/s1. The second kappa shape index (κ2) is 16.3. The number of hydrazine groups is 1. The topological polar surface area (TPSA) is 174 Å². The maximum absolute atomic E-state index is 13.8. The van der Waals surface area contributed by atoms with Crippen LogP contribution in [0.3, 0.4) is 0 Å². The fourth-order valence-corrected chi connectivity index (χ4v) is 7.46. The Hall–Kier alpha value is -4.44. The van der Waals surface area contributed by atoms with Gasteiger partial charge in [0.1, 0.15) is 11.6 Å². The summed E-state index contributed by atoms with van der Waals surface area (Å²) in [6.45, 7) is 14.3. The maximum atomic E-state index is 13.8. The molecular weight excluding hydrogens is 699 g/mol. The van der Waals surface area contributed by atoms with Crippen LogP contribution in [0, 0.1) is 15.5 Å². The van der Waals surface area contributed by atoms with Gasteiger partial charge in [0, 0.05) is 78.2 Å². The van der Waals surface area contributed by atoms with Gasteiger partial charge >= 0.3 is 6.09 Å². The first kappa shape index (κ1) is 39.8. The molecule has 4 aromatic rings.